The third-order valence-electron chi connectivity index (χ3n) is 2.18. The average molecular weight is 204 g/mol. The van der Waals surface area contributed by atoms with Gasteiger partial charge in [-0.15, -0.1) is 0 Å². The summed E-state index contributed by atoms with van der Waals surface area (Å²) in [7, 11) is 0. The lowest BCUT2D eigenvalue weighted by atomic mass is 10.2. The van der Waals surface area contributed by atoms with Crippen LogP contribution >= 0.6 is 0 Å². The van der Waals surface area contributed by atoms with E-state index < -0.39 is 12.0 Å². The number of rotatable bonds is 1. The van der Waals surface area contributed by atoms with Crippen LogP contribution in [0.5, 0.6) is 0 Å². The molecule has 2 aromatic rings. The lowest BCUT2D eigenvalue weighted by Gasteiger charge is -1.95. The van der Waals surface area contributed by atoms with Crippen LogP contribution in [0.3, 0.4) is 0 Å². The van der Waals surface area contributed by atoms with Gasteiger partial charge < -0.3 is 10.8 Å². The Kier molecular flexibility index (Phi) is 1.93. The predicted molar refractivity (Wildman–Crippen MR) is 53.9 cm³/mol. The van der Waals surface area contributed by atoms with Crippen LogP contribution in [-0.2, 0) is 0 Å². The molecule has 0 spiro atoms. The number of carbonyl (C=O) groups is 2. The van der Waals surface area contributed by atoms with Crippen molar-refractivity contribution in [2.24, 2.45) is 5.73 Å². The third kappa shape index (κ3) is 1.34. The van der Waals surface area contributed by atoms with E-state index in [0.717, 1.165) is 4.57 Å². The molecule has 0 atom stereocenters. The van der Waals surface area contributed by atoms with Gasteiger partial charge in [0.05, 0.1) is 11.1 Å². The molecule has 1 aromatic heterocycles. The number of carbonyl (C=O) groups excluding carboxylic acids is 1. The van der Waals surface area contributed by atoms with E-state index in [0.29, 0.717) is 10.9 Å². The van der Waals surface area contributed by atoms with Crippen LogP contribution < -0.4 is 5.73 Å². The molecule has 0 bridgehead atoms. The zero-order valence-electron chi connectivity index (χ0n) is 7.68. The van der Waals surface area contributed by atoms with Gasteiger partial charge in [0.1, 0.15) is 0 Å². The van der Waals surface area contributed by atoms with Gasteiger partial charge in [0, 0.05) is 11.6 Å². The van der Waals surface area contributed by atoms with Crippen LogP contribution in [-0.4, -0.2) is 21.7 Å². The van der Waals surface area contributed by atoms with E-state index in [4.69, 9.17) is 10.8 Å². The van der Waals surface area contributed by atoms with Crippen LogP contribution in [0.15, 0.2) is 30.5 Å². The first-order valence-corrected chi connectivity index (χ1v) is 4.24. The number of para-hydroxylation sites is 1. The number of fused-ring (bicyclic) bond motifs is 1. The van der Waals surface area contributed by atoms with Gasteiger partial charge in [0.15, 0.2) is 0 Å². The van der Waals surface area contributed by atoms with E-state index in [-0.39, 0.29) is 5.56 Å². The molecule has 0 saturated carbocycles. The summed E-state index contributed by atoms with van der Waals surface area (Å²) >= 11 is 0. The van der Waals surface area contributed by atoms with Crippen LogP contribution in [0.1, 0.15) is 10.4 Å². The maximum Gasteiger partial charge on any atom is 0.416 e. The van der Waals surface area contributed by atoms with Crippen LogP contribution in [0, 0.1) is 0 Å². The predicted octanol–water partition coefficient (Wildman–Crippen LogP) is 1.27. The number of aromatic nitrogens is 1. The summed E-state index contributed by atoms with van der Waals surface area (Å²) in [5.41, 5.74) is 5.82. The van der Waals surface area contributed by atoms with E-state index in [2.05, 4.69) is 0 Å². The summed E-state index contributed by atoms with van der Waals surface area (Å²) in [6.45, 7) is 0. The monoisotopic (exact) mass is 204 g/mol. The Balaban J connectivity index is 2.85. The molecule has 15 heavy (non-hydrogen) atoms. The molecule has 0 aliphatic carbocycles. The molecule has 0 radical (unpaired) electrons. The summed E-state index contributed by atoms with van der Waals surface area (Å²) < 4.78 is 0.982. The molecule has 0 fully saturated rings. The molecule has 3 N–H and O–H groups in total. The van der Waals surface area contributed by atoms with Crippen LogP contribution in [0.2, 0.25) is 0 Å². The van der Waals surface area contributed by atoms with Crippen molar-refractivity contribution in [3.05, 3.63) is 36.0 Å². The summed E-state index contributed by atoms with van der Waals surface area (Å²) in [5, 5.41) is 9.44. The molecule has 76 valence electrons. The van der Waals surface area contributed by atoms with Crippen molar-refractivity contribution in [2.75, 3.05) is 0 Å². The largest absolute Gasteiger partial charge is 0.464 e. The molecule has 0 unspecified atom stereocenters. The number of primary amides is 1. The topological polar surface area (TPSA) is 85.3 Å². The van der Waals surface area contributed by atoms with Gasteiger partial charge >= 0.3 is 6.09 Å². The third-order valence-corrected chi connectivity index (χ3v) is 2.18. The maximum atomic E-state index is 11.1. The fraction of sp³-hybridized carbons (Fsp3) is 0. The SMILES string of the molecule is NC(=O)c1cn(C(=O)O)c2ccccc12. The van der Waals surface area contributed by atoms with E-state index in [1.54, 1.807) is 24.3 Å². The number of carboxylic acid groups (broad SMARTS) is 1. The summed E-state index contributed by atoms with van der Waals surface area (Å²) in [6.07, 6.45) is 0.0914. The second-order valence-corrected chi connectivity index (χ2v) is 3.08. The first-order valence-electron chi connectivity index (χ1n) is 4.24. The van der Waals surface area contributed by atoms with E-state index >= 15 is 0 Å². The van der Waals surface area contributed by atoms with Crippen molar-refractivity contribution in [1.29, 1.82) is 0 Å². The highest BCUT2D eigenvalue weighted by Gasteiger charge is 2.14. The van der Waals surface area contributed by atoms with Gasteiger partial charge in [0.2, 0.25) is 0 Å². The van der Waals surface area contributed by atoms with Gasteiger partial charge in [0.25, 0.3) is 5.91 Å². The Morgan fingerprint density at radius 2 is 1.93 bits per heavy atom. The van der Waals surface area contributed by atoms with Crippen molar-refractivity contribution in [1.82, 2.24) is 4.57 Å². The molecule has 1 amide bonds. The fourth-order valence-corrected chi connectivity index (χ4v) is 1.53. The number of benzene rings is 1. The average Bonchev–Trinajstić information content (AvgIpc) is 2.56. The fourth-order valence-electron chi connectivity index (χ4n) is 1.53. The summed E-state index contributed by atoms with van der Waals surface area (Å²) in [6, 6.07) is 6.71. The number of nitrogens with two attached hydrogens (primary N) is 1. The van der Waals surface area contributed by atoms with Crippen LogP contribution in [0.4, 0.5) is 4.79 Å². The first kappa shape index (κ1) is 9.26. The lowest BCUT2D eigenvalue weighted by Crippen LogP contribution is -2.11. The van der Waals surface area contributed by atoms with Crippen molar-refractivity contribution >= 4 is 22.9 Å². The second-order valence-electron chi connectivity index (χ2n) is 3.08. The van der Waals surface area contributed by atoms with E-state index in [1.165, 1.54) is 6.20 Å². The quantitative estimate of drug-likeness (QED) is 0.733. The van der Waals surface area contributed by atoms with Gasteiger partial charge in [-0.05, 0) is 6.07 Å². The van der Waals surface area contributed by atoms with Gasteiger partial charge in [-0.2, -0.15) is 0 Å². The standard InChI is InChI=1S/C10H8N2O3/c11-9(13)7-5-12(10(14)15)8-4-2-1-3-6(7)8/h1-5H,(H2,11,13)(H,14,15). The van der Waals surface area contributed by atoms with Gasteiger partial charge in [-0.25, -0.2) is 4.79 Å². The molecule has 0 aliphatic rings. The number of nitrogens with zero attached hydrogens (tertiary/aromatic N) is 1. The van der Waals surface area contributed by atoms with E-state index in [9.17, 15) is 9.59 Å². The molecule has 1 heterocycles. The first-order chi connectivity index (χ1) is 7.11. The van der Waals surface area contributed by atoms with Crippen LogP contribution in [0.25, 0.3) is 10.9 Å². The second kappa shape index (κ2) is 3.13. The molecule has 2 rings (SSSR count). The molecule has 1 aromatic carbocycles. The van der Waals surface area contributed by atoms with Crippen molar-refractivity contribution in [3.8, 4) is 0 Å². The van der Waals surface area contributed by atoms with E-state index in [1.807, 2.05) is 0 Å². The Hall–Kier alpha value is -2.30. The highest BCUT2D eigenvalue weighted by molar-refractivity contribution is 6.08. The molecule has 0 saturated heterocycles. The smallest absolute Gasteiger partial charge is 0.416 e. The Morgan fingerprint density at radius 1 is 1.27 bits per heavy atom. The maximum absolute atomic E-state index is 11.1. The lowest BCUT2D eigenvalue weighted by molar-refractivity contribution is 0.100. The van der Waals surface area contributed by atoms with Gasteiger partial charge in [-0.1, -0.05) is 18.2 Å². The molecule has 5 nitrogen and oxygen atoms in total. The minimum Gasteiger partial charge on any atom is -0.464 e. The van der Waals surface area contributed by atoms with Gasteiger partial charge in [-0.3, -0.25) is 9.36 Å². The Morgan fingerprint density at radius 3 is 2.53 bits per heavy atom. The zero-order chi connectivity index (χ0) is 11.0. The normalized spacial score (nSPS) is 10.4. The number of hydrogen-bond donors (Lipinski definition) is 2. The highest BCUT2D eigenvalue weighted by Crippen LogP contribution is 2.20. The van der Waals surface area contributed by atoms with Crippen molar-refractivity contribution in [3.63, 3.8) is 0 Å². The number of amides is 1. The highest BCUT2D eigenvalue weighted by atomic mass is 16.4. The Bertz CT molecular complexity index is 509. The Labute approximate surface area is 84.7 Å². The molecular weight excluding hydrogens is 196 g/mol. The minimum atomic E-state index is -1.14. The molecule has 0 aliphatic heterocycles. The molecule has 5 heteroatoms. The molecular formula is C10H8N2O3. The zero-order valence-corrected chi connectivity index (χ0v) is 7.68. The number of hydrogen-bond acceptors (Lipinski definition) is 2. The summed E-state index contributed by atoms with van der Waals surface area (Å²) in [4.78, 5) is 21.9. The summed E-state index contributed by atoms with van der Waals surface area (Å²) in [5.74, 6) is -0.633. The van der Waals surface area contributed by atoms with Crippen molar-refractivity contribution in [2.45, 2.75) is 0 Å². The van der Waals surface area contributed by atoms with Crippen molar-refractivity contribution < 1.29 is 14.7 Å². The minimum absolute atomic E-state index is 0.216.